The quantitative estimate of drug-likeness (QED) is 0.570. The van der Waals surface area contributed by atoms with Crippen molar-refractivity contribution in [3.8, 4) is 5.88 Å². The molecule has 6 heteroatoms. The molecule has 0 bridgehead atoms. The van der Waals surface area contributed by atoms with Crippen molar-refractivity contribution in [3.05, 3.63) is 88.5 Å². The van der Waals surface area contributed by atoms with Crippen molar-refractivity contribution in [2.45, 2.75) is 13.1 Å². The molecule has 0 radical (unpaired) electrons. The molecule has 124 valence electrons. The van der Waals surface area contributed by atoms with E-state index in [-0.39, 0.29) is 5.56 Å². The third-order valence-corrected chi connectivity index (χ3v) is 4.15. The van der Waals surface area contributed by atoms with Gasteiger partial charge in [-0.05, 0) is 11.1 Å². The molecule has 0 atom stereocenters. The summed E-state index contributed by atoms with van der Waals surface area (Å²) in [6, 6.07) is 19.6. The number of nitrogens with zero attached hydrogens (tertiary/aromatic N) is 3. The van der Waals surface area contributed by atoms with E-state index in [1.807, 2.05) is 67.0 Å². The van der Waals surface area contributed by atoms with Crippen LogP contribution in [-0.2, 0) is 13.1 Å². The molecule has 0 aliphatic carbocycles. The molecule has 2 aromatic carbocycles. The molecule has 0 amide bonds. The maximum Gasteiger partial charge on any atom is 0.315 e. The molecule has 0 fully saturated rings. The van der Waals surface area contributed by atoms with Gasteiger partial charge in [-0.2, -0.15) is 5.10 Å². The van der Waals surface area contributed by atoms with Gasteiger partial charge in [-0.25, -0.2) is 14.2 Å². The van der Waals surface area contributed by atoms with Crippen LogP contribution in [-0.4, -0.2) is 14.8 Å². The van der Waals surface area contributed by atoms with Crippen molar-refractivity contribution in [3.63, 3.8) is 0 Å². The molecular formula is C19H16N4O2. The minimum atomic E-state index is -0.433. The predicted molar refractivity (Wildman–Crippen MR) is 91.1 cm³/mol. The third kappa shape index (κ3) is 2.89. The molecule has 0 aliphatic rings. The molecule has 0 unspecified atom stereocenters. The second kappa shape index (κ2) is 6.24. The van der Waals surface area contributed by atoms with Gasteiger partial charge in [0.1, 0.15) is 13.1 Å². The zero-order valence-electron chi connectivity index (χ0n) is 13.4. The topological polar surface area (TPSA) is 77.6 Å². The van der Waals surface area contributed by atoms with Crippen molar-refractivity contribution in [1.29, 1.82) is 0 Å². The van der Waals surface area contributed by atoms with Gasteiger partial charge in [-0.15, -0.1) is 0 Å². The lowest BCUT2D eigenvalue weighted by Crippen LogP contribution is -2.37. The highest BCUT2D eigenvalue weighted by Crippen LogP contribution is 2.16. The lowest BCUT2D eigenvalue weighted by atomic mass is 10.2. The van der Waals surface area contributed by atoms with E-state index in [1.54, 1.807) is 9.13 Å². The summed E-state index contributed by atoms with van der Waals surface area (Å²) >= 11 is 0. The fraction of sp³-hybridized carbons (Fsp3) is 0.105. The molecule has 1 N–H and O–H groups in total. The second-order valence-electron chi connectivity index (χ2n) is 5.90. The first-order valence-corrected chi connectivity index (χ1v) is 7.98. The van der Waals surface area contributed by atoms with Crippen LogP contribution in [0.2, 0.25) is 0 Å². The summed E-state index contributed by atoms with van der Waals surface area (Å²) in [5, 5.41) is 18.2. The number of hydrogen-bond acceptors (Lipinski definition) is 3. The van der Waals surface area contributed by atoms with Crippen LogP contribution >= 0.6 is 0 Å². The maximum absolute atomic E-state index is 12.3. The number of nitrogens with one attached hydrogen (secondary N) is 1. The molecule has 4 rings (SSSR count). The largest absolute Gasteiger partial charge is 0.854 e. The molecule has 0 aliphatic heterocycles. The van der Waals surface area contributed by atoms with E-state index >= 15 is 0 Å². The maximum atomic E-state index is 12.3. The Morgan fingerprint density at radius 1 is 1.00 bits per heavy atom. The highest BCUT2D eigenvalue weighted by atomic mass is 16.3. The Labute approximate surface area is 143 Å². The Kier molecular flexibility index (Phi) is 3.78. The second-order valence-corrected chi connectivity index (χ2v) is 5.90. The standard InChI is InChI=1S/C19H16N4O2/c24-18-16-17(19(25)21-20-18)23(12-15-9-5-2-6-10-15)13-22(16)11-14-7-3-1-4-8-14/h1-10,13H,11-12H2,(H-,20,21,24,25). The van der Waals surface area contributed by atoms with Gasteiger partial charge in [0.15, 0.2) is 5.52 Å². The lowest BCUT2D eigenvalue weighted by Gasteiger charge is -2.04. The first-order chi connectivity index (χ1) is 12.2. The van der Waals surface area contributed by atoms with Crippen LogP contribution in [0.25, 0.3) is 11.0 Å². The predicted octanol–water partition coefficient (Wildman–Crippen LogP) is 1.18. The molecular weight excluding hydrogens is 316 g/mol. The fourth-order valence-corrected chi connectivity index (χ4v) is 3.03. The van der Waals surface area contributed by atoms with E-state index in [0.717, 1.165) is 11.1 Å². The van der Waals surface area contributed by atoms with Crippen molar-refractivity contribution in [1.82, 2.24) is 14.8 Å². The highest BCUT2D eigenvalue weighted by Gasteiger charge is 2.21. The molecule has 2 aromatic heterocycles. The molecule has 4 aromatic rings. The Balaban J connectivity index is 1.86. The van der Waals surface area contributed by atoms with Crippen LogP contribution in [0.5, 0.6) is 5.88 Å². The van der Waals surface area contributed by atoms with Gasteiger partial charge in [-0.3, -0.25) is 4.79 Å². The summed E-state index contributed by atoms with van der Waals surface area (Å²) < 4.78 is 3.59. The van der Waals surface area contributed by atoms with Crippen molar-refractivity contribution in [2.24, 2.45) is 0 Å². The van der Waals surface area contributed by atoms with Gasteiger partial charge in [-0.1, -0.05) is 60.7 Å². The summed E-state index contributed by atoms with van der Waals surface area (Å²) in [5.41, 5.74) is 2.40. The monoisotopic (exact) mass is 332 g/mol. The molecule has 0 saturated carbocycles. The van der Waals surface area contributed by atoms with E-state index in [9.17, 15) is 9.90 Å². The van der Waals surface area contributed by atoms with Crippen LogP contribution in [0.4, 0.5) is 0 Å². The number of aromatic amines is 1. The van der Waals surface area contributed by atoms with Gasteiger partial charge < -0.3 is 5.11 Å². The van der Waals surface area contributed by atoms with E-state index in [0.29, 0.717) is 24.1 Å². The minimum absolute atomic E-state index is 0.323. The molecule has 0 spiro atoms. The number of rotatable bonds is 4. The highest BCUT2D eigenvalue weighted by molar-refractivity contribution is 5.75. The summed E-state index contributed by atoms with van der Waals surface area (Å²) in [6.07, 6.45) is 1.81. The average Bonchev–Trinajstić information content (AvgIpc) is 2.99. The normalized spacial score (nSPS) is 11.0. The van der Waals surface area contributed by atoms with Gasteiger partial charge in [0.05, 0.1) is 5.88 Å². The zero-order valence-corrected chi connectivity index (χ0v) is 13.4. The first-order valence-electron chi connectivity index (χ1n) is 7.98. The Hall–Kier alpha value is -3.41. The van der Waals surface area contributed by atoms with E-state index in [4.69, 9.17) is 0 Å². The number of aromatic nitrogens is 4. The number of imidazole rings is 1. The average molecular weight is 332 g/mol. The number of fused-ring (bicyclic) bond motifs is 1. The van der Waals surface area contributed by atoms with Crippen LogP contribution in [0.3, 0.4) is 0 Å². The summed E-state index contributed by atoms with van der Waals surface area (Å²) in [5.74, 6) is -0.433. The summed E-state index contributed by atoms with van der Waals surface area (Å²) in [4.78, 5) is 12.3. The molecule has 2 heterocycles. The minimum Gasteiger partial charge on any atom is -0.854 e. The van der Waals surface area contributed by atoms with Crippen molar-refractivity contribution >= 4 is 11.0 Å². The molecule has 25 heavy (non-hydrogen) atoms. The number of hydrogen-bond donors (Lipinski definition) is 1. The van der Waals surface area contributed by atoms with Gasteiger partial charge >= 0.3 is 5.56 Å². The third-order valence-electron chi connectivity index (χ3n) is 4.15. The van der Waals surface area contributed by atoms with Crippen LogP contribution in [0, 0.1) is 0 Å². The van der Waals surface area contributed by atoms with Gasteiger partial charge in [0, 0.05) is 0 Å². The number of H-pyrrole nitrogens is 1. The summed E-state index contributed by atoms with van der Waals surface area (Å²) in [6.45, 7) is 1.01. The van der Waals surface area contributed by atoms with Gasteiger partial charge in [0.2, 0.25) is 11.8 Å². The number of benzene rings is 2. The molecule has 0 saturated heterocycles. The Morgan fingerprint density at radius 2 is 1.64 bits per heavy atom. The Bertz CT molecular complexity index is 1070. The van der Waals surface area contributed by atoms with Crippen LogP contribution in [0.15, 0.2) is 71.8 Å². The Morgan fingerprint density at radius 3 is 2.32 bits per heavy atom. The van der Waals surface area contributed by atoms with Crippen molar-refractivity contribution in [2.75, 3.05) is 0 Å². The fourth-order valence-electron chi connectivity index (χ4n) is 3.03. The van der Waals surface area contributed by atoms with Crippen LogP contribution in [0.1, 0.15) is 11.1 Å². The first kappa shape index (κ1) is 15.1. The van der Waals surface area contributed by atoms with E-state index < -0.39 is 5.88 Å². The van der Waals surface area contributed by atoms with E-state index in [2.05, 4.69) is 10.2 Å². The van der Waals surface area contributed by atoms with Crippen LogP contribution < -0.4 is 15.2 Å². The van der Waals surface area contributed by atoms with E-state index in [1.165, 1.54) is 0 Å². The lowest BCUT2D eigenvalue weighted by molar-refractivity contribution is -0.663. The van der Waals surface area contributed by atoms with Gasteiger partial charge in [0.25, 0.3) is 0 Å². The summed E-state index contributed by atoms with van der Waals surface area (Å²) in [7, 11) is 0. The zero-order chi connectivity index (χ0) is 17.2. The smallest absolute Gasteiger partial charge is 0.315 e. The SMILES string of the molecule is O=c1[nH]nc([O-])c2c1[n+](Cc1ccccc1)cn2Cc1ccccc1. The molecule has 6 nitrogen and oxygen atoms in total. The van der Waals surface area contributed by atoms with Crippen molar-refractivity contribution < 1.29 is 9.67 Å².